The molecule has 0 bridgehead atoms. The van der Waals surface area contributed by atoms with Gasteiger partial charge in [0.2, 0.25) is 5.91 Å². The molecule has 2 aliphatic heterocycles. The van der Waals surface area contributed by atoms with E-state index in [4.69, 9.17) is 32.7 Å². The summed E-state index contributed by atoms with van der Waals surface area (Å²) in [6.07, 6.45) is 0.835. The van der Waals surface area contributed by atoms with Gasteiger partial charge in [0, 0.05) is 24.9 Å². The van der Waals surface area contributed by atoms with E-state index in [0.717, 1.165) is 12.1 Å². The molecule has 1 aromatic rings. The van der Waals surface area contributed by atoms with E-state index in [1.54, 1.807) is 4.90 Å². The number of carbonyl (C=O) groups excluding carboxylic acids is 2. The van der Waals surface area contributed by atoms with E-state index in [1.165, 1.54) is 0 Å². The molecule has 9 heteroatoms. The lowest BCUT2D eigenvalue weighted by Gasteiger charge is -2.47. The third kappa shape index (κ3) is 3.18. The lowest BCUT2D eigenvalue weighted by Crippen LogP contribution is -2.61. The number of rotatable bonds is 4. The van der Waals surface area contributed by atoms with Gasteiger partial charge in [-0.1, -0.05) is 23.2 Å². The molecule has 0 radical (unpaired) electrons. The molecule has 26 heavy (non-hydrogen) atoms. The highest BCUT2D eigenvalue weighted by atomic mass is 35.5. The number of cyclic esters (lactones) is 1. The third-order valence-corrected chi connectivity index (χ3v) is 5.73. The van der Waals surface area contributed by atoms with E-state index in [-0.39, 0.29) is 39.1 Å². The highest BCUT2D eigenvalue weighted by Crippen LogP contribution is 2.42. The minimum absolute atomic E-state index is 0.0696. The Kier molecular flexibility index (Phi) is 4.39. The zero-order chi connectivity index (χ0) is 18.5. The van der Waals surface area contributed by atoms with Crippen molar-refractivity contribution in [2.45, 2.75) is 18.4 Å². The SMILES string of the molecule is O=C1N[C@]2(CO1)C[C@H](C(=O)N1CC(COc3c(Cl)cc(F)cc3Cl)C1)C2. The fourth-order valence-corrected chi connectivity index (χ4v) is 4.32. The van der Waals surface area contributed by atoms with Gasteiger partial charge >= 0.3 is 6.09 Å². The Bertz CT molecular complexity index is 740. The molecule has 3 aliphatic rings. The number of ether oxygens (including phenoxy) is 2. The van der Waals surface area contributed by atoms with Crippen LogP contribution >= 0.6 is 23.2 Å². The molecule has 1 aromatic carbocycles. The Morgan fingerprint density at radius 3 is 2.58 bits per heavy atom. The lowest BCUT2D eigenvalue weighted by molar-refractivity contribution is -0.148. The second kappa shape index (κ2) is 6.46. The first kappa shape index (κ1) is 17.7. The fourth-order valence-electron chi connectivity index (χ4n) is 3.75. The number of carbonyl (C=O) groups is 2. The number of benzene rings is 1. The molecular weight excluding hydrogens is 386 g/mol. The van der Waals surface area contributed by atoms with Gasteiger partial charge in [-0.25, -0.2) is 9.18 Å². The van der Waals surface area contributed by atoms with Crippen LogP contribution in [0.1, 0.15) is 12.8 Å². The van der Waals surface area contributed by atoms with Crippen molar-refractivity contribution >= 4 is 35.2 Å². The predicted octanol–water partition coefficient (Wildman–Crippen LogP) is 2.86. The summed E-state index contributed by atoms with van der Waals surface area (Å²) < 4.78 is 23.7. The predicted molar refractivity (Wildman–Crippen MR) is 91.9 cm³/mol. The van der Waals surface area contributed by atoms with Gasteiger partial charge in [-0.2, -0.15) is 0 Å². The number of hydrogen-bond donors (Lipinski definition) is 1. The summed E-state index contributed by atoms with van der Waals surface area (Å²) in [5.41, 5.74) is -0.346. The van der Waals surface area contributed by atoms with Crippen LogP contribution in [0.2, 0.25) is 10.0 Å². The summed E-state index contributed by atoms with van der Waals surface area (Å²) >= 11 is 11.9. The number of nitrogens with zero attached hydrogens (tertiary/aromatic N) is 1. The third-order valence-electron chi connectivity index (χ3n) is 5.17. The van der Waals surface area contributed by atoms with Gasteiger partial charge in [0.15, 0.2) is 5.75 Å². The zero-order valence-corrected chi connectivity index (χ0v) is 15.3. The second-order valence-corrected chi connectivity index (χ2v) is 8.02. The number of nitrogens with one attached hydrogen (secondary N) is 1. The van der Waals surface area contributed by atoms with E-state index in [1.807, 2.05) is 0 Å². The molecule has 3 fully saturated rings. The Morgan fingerprint density at radius 2 is 2.00 bits per heavy atom. The molecule has 4 rings (SSSR count). The maximum Gasteiger partial charge on any atom is 0.407 e. The van der Waals surface area contributed by atoms with Crippen molar-refractivity contribution in [3.8, 4) is 5.75 Å². The van der Waals surface area contributed by atoms with Crippen molar-refractivity contribution in [2.75, 3.05) is 26.3 Å². The van der Waals surface area contributed by atoms with Gasteiger partial charge < -0.3 is 19.7 Å². The molecule has 2 saturated heterocycles. The highest BCUT2D eigenvalue weighted by molar-refractivity contribution is 6.37. The fraction of sp³-hybridized carbons (Fsp3) is 0.529. The minimum Gasteiger partial charge on any atom is -0.490 e. The van der Waals surface area contributed by atoms with Crippen LogP contribution in [0.3, 0.4) is 0 Å². The van der Waals surface area contributed by atoms with E-state index in [0.29, 0.717) is 39.1 Å². The smallest absolute Gasteiger partial charge is 0.407 e. The number of likely N-dealkylation sites (tertiary alicyclic amines) is 1. The topological polar surface area (TPSA) is 67.9 Å². The Balaban J connectivity index is 1.23. The molecular formula is C17H17Cl2FN2O4. The summed E-state index contributed by atoms with van der Waals surface area (Å²) in [5.74, 6) is -0.0438. The summed E-state index contributed by atoms with van der Waals surface area (Å²) in [7, 11) is 0. The average Bonchev–Trinajstić information content (AvgIpc) is 2.88. The molecule has 1 aliphatic carbocycles. The molecule has 6 nitrogen and oxygen atoms in total. The van der Waals surface area contributed by atoms with Crippen LogP contribution in [0.25, 0.3) is 0 Å². The van der Waals surface area contributed by atoms with Gasteiger partial charge in [-0.05, 0) is 25.0 Å². The summed E-state index contributed by atoms with van der Waals surface area (Å²) in [4.78, 5) is 25.4. The molecule has 140 valence electrons. The molecule has 0 unspecified atom stereocenters. The number of alkyl carbamates (subject to hydrolysis) is 1. The van der Waals surface area contributed by atoms with Gasteiger partial charge in [-0.3, -0.25) is 4.79 Å². The van der Waals surface area contributed by atoms with Crippen LogP contribution in [0, 0.1) is 17.7 Å². The van der Waals surface area contributed by atoms with Crippen molar-refractivity contribution in [1.82, 2.24) is 10.2 Å². The quantitative estimate of drug-likeness (QED) is 0.840. The van der Waals surface area contributed by atoms with Crippen molar-refractivity contribution < 1.29 is 23.5 Å². The number of amides is 2. The van der Waals surface area contributed by atoms with Crippen LogP contribution in [0.4, 0.5) is 9.18 Å². The Morgan fingerprint density at radius 1 is 1.35 bits per heavy atom. The van der Waals surface area contributed by atoms with Gasteiger partial charge in [-0.15, -0.1) is 0 Å². The van der Waals surface area contributed by atoms with Crippen LogP contribution in [0.5, 0.6) is 5.75 Å². The molecule has 2 heterocycles. The van der Waals surface area contributed by atoms with E-state index in [9.17, 15) is 14.0 Å². The standard InChI is InChI=1S/C17H17Cl2FN2O4/c18-12-1-11(20)2-13(19)14(12)25-7-9-5-22(6-9)15(23)10-3-17(4-10)8-26-16(24)21-17/h1-2,9-10H,3-8H2,(H,21,24)/t10-,17+. The highest BCUT2D eigenvalue weighted by Gasteiger charge is 2.54. The van der Waals surface area contributed by atoms with Gasteiger partial charge in [0.1, 0.15) is 12.4 Å². The van der Waals surface area contributed by atoms with E-state index < -0.39 is 11.9 Å². The summed E-state index contributed by atoms with van der Waals surface area (Å²) in [5, 5.41) is 3.04. The van der Waals surface area contributed by atoms with Crippen molar-refractivity contribution in [2.24, 2.45) is 11.8 Å². The van der Waals surface area contributed by atoms with Crippen molar-refractivity contribution in [3.63, 3.8) is 0 Å². The van der Waals surface area contributed by atoms with Crippen molar-refractivity contribution in [1.29, 1.82) is 0 Å². The zero-order valence-electron chi connectivity index (χ0n) is 13.8. The maximum atomic E-state index is 13.2. The largest absolute Gasteiger partial charge is 0.490 e. The first-order valence-corrected chi connectivity index (χ1v) is 9.12. The normalized spacial score (nSPS) is 27.6. The molecule has 1 N–H and O–H groups in total. The van der Waals surface area contributed by atoms with Gasteiger partial charge in [0.25, 0.3) is 0 Å². The van der Waals surface area contributed by atoms with E-state index >= 15 is 0 Å². The molecule has 0 aromatic heterocycles. The summed E-state index contributed by atoms with van der Waals surface area (Å²) in [6, 6.07) is 2.30. The number of hydrogen-bond acceptors (Lipinski definition) is 4. The minimum atomic E-state index is -0.519. The van der Waals surface area contributed by atoms with Crippen LogP contribution < -0.4 is 10.1 Å². The van der Waals surface area contributed by atoms with Crippen LogP contribution in [-0.2, 0) is 9.53 Å². The monoisotopic (exact) mass is 402 g/mol. The van der Waals surface area contributed by atoms with Crippen LogP contribution in [0.15, 0.2) is 12.1 Å². The molecule has 0 atom stereocenters. The second-order valence-electron chi connectivity index (χ2n) is 7.21. The van der Waals surface area contributed by atoms with Crippen molar-refractivity contribution in [3.05, 3.63) is 28.0 Å². The lowest BCUT2D eigenvalue weighted by atomic mass is 9.68. The Hall–Kier alpha value is -1.73. The summed E-state index contributed by atoms with van der Waals surface area (Å²) in [6.45, 7) is 1.89. The maximum absolute atomic E-state index is 13.2. The Labute approximate surface area is 159 Å². The first-order chi connectivity index (χ1) is 12.3. The number of halogens is 3. The van der Waals surface area contributed by atoms with E-state index in [2.05, 4.69) is 5.32 Å². The first-order valence-electron chi connectivity index (χ1n) is 8.36. The molecule has 1 saturated carbocycles. The van der Waals surface area contributed by atoms with Gasteiger partial charge in [0.05, 0.1) is 22.2 Å². The molecule has 1 spiro atoms. The van der Waals surface area contributed by atoms with Crippen LogP contribution in [-0.4, -0.2) is 48.7 Å². The average molecular weight is 403 g/mol. The molecule has 2 amide bonds.